The highest BCUT2D eigenvalue weighted by molar-refractivity contribution is 5.93. The summed E-state index contributed by atoms with van der Waals surface area (Å²) in [5.74, 6) is 1.81. The van der Waals surface area contributed by atoms with Crippen LogP contribution in [0.15, 0.2) is 30.5 Å². The molecule has 0 aliphatic carbocycles. The van der Waals surface area contributed by atoms with Crippen LogP contribution in [0.5, 0.6) is 5.75 Å². The molecule has 2 N–H and O–H groups in total. The third-order valence-corrected chi connectivity index (χ3v) is 3.99. The van der Waals surface area contributed by atoms with Crippen molar-refractivity contribution in [3.8, 4) is 5.75 Å². The number of hydrogen-bond donors (Lipinski definition) is 1. The number of ether oxygens (including phenoxy) is 2. The lowest BCUT2D eigenvalue weighted by Gasteiger charge is -2.39. The maximum Gasteiger partial charge on any atom is 0.136 e. The standard InChI is InChI=1S/C16H21N3O2/c1-11-10-21-14(8-17)9-19(11)16-15-7-13(20-2)4-3-12(15)5-6-18-16/h3-7,11,14H,8-10,17H2,1-2H3. The third kappa shape index (κ3) is 2.66. The van der Waals surface area contributed by atoms with Crippen LogP contribution in [0.1, 0.15) is 6.92 Å². The second kappa shape index (κ2) is 5.87. The van der Waals surface area contributed by atoms with E-state index >= 15 is 0 Å². The van der Waals surface area contributed by atoms with Gasteiger partial charge in [-0.15, -0.1) is 0 Å². The Kier molecular flexibility index (Phi) is 3.94. The summed E-state index contributed by atoms with van der Waals surface area (Å²) < 4.78 is 11.1. The van der Waals surface area contributed by atoms with Crippen molar-refractivity contribution in [1.82, 2.24) is 4.98 Å². The third-order valence-electron chi connectivity index (χ3n) is 3.99. The molecule has 1 aliphatic heterocycles. The van der Waals surface area contributed by atoms with Crippen molar-refractivity contribution >= 4 is 16.6 Å². The Morgan fingerprint density at radius 1 is 1.43 bits per heavy atom. The van der Waals surface area contributed by atoms with Gasteiger partial charge in [0.15, 0.2) is 0 Å². The van der Waals surface area contributed by atoms with Crippen LogP contribution in [0.25, 0.3) is 10.8 Å². The lowest BCUT2D eigenvalue weighted by atomic mass is 10.1. The van der Waals surface area contributed by atoms with Gasteiger partial charge in [-0.2, -0.15) is 0 Å². The smallest absolute Gasteiger partial charge is 0.136 e. The SMILES string of the molecule is COc1ccc2ccnc(N3CC(CN)OCC3C)c2c1. The first-order chi connectivity index (χ1) is 10.2. The van der Waals surface area contributed by atoms with Crippen LogP contribution in [0.2, 0.25) is 0 Å². The number of nitrogens with zero attached hydrogens (tertiary/aromatic N) is 2. The molecule has 0 radical (unpaired) electrons. The quantitative estimate of drug-likeness (QED) is 0.932. The zero-order valence-electron chi connectivity index (χ0n) is 12.5. The number of aromatic nitrogens is 1. The molecular weight excluding hydrogens is 266 g/mol. The molecule has 1 aliphatic rings. The van der Waals surface area contributed by atoms with Gasteiger partial charge in [0, 0.05) is 24.7 Å². The maximum absolute atomic E-state index is 5.76. The molecular formula is C16H21N3O2. The molecule has 1 aromatic heterocycles. The highest BCUT2D eigenvalue weighted by Crippen LogP contribution is 2.30. The molecule has 2 aromatic rings. The van der Waals surface area contributed by atoms with Crippen LogP contribution in [0, 0.1) is 0 Å². The number of methoxy groups -OCH3 is 1. The molecule has 0 bridgehead atoms. The van der Waals surface area contributed by atoms with Crippen molar-refractivity contribution < 1.29 is 9.47 Å². The predicted octanol–water partition coefficient (Wildman–Crippen LogP) is 1.80. The summed E-state index contributed by atoms with van der Waals surface area (Å²) in [6.07, 6.45) is 1.91. The minimum Gasteiger partial charge on any atom is -0.497 e. The number of fused-ring (bicyclic) bond motifs is 1. The minimum absolute atomic E-state index is 0.0591. The van der Waals surface area contributed by atoms with E-state index in [1.54, 1.807) is 7.11 Å². The Balaban J connectivity index is 2.05. The van der Waals surface area contributed by atoms with Crippen molar-refractivity contribution in [2.24, 2.45) is 5.73 Å². The van der Waals surface area contributed by atoms with Gasteiger partial charge in [-0.3, -0.25) is 0 Å². The van der Waals surface area contributed by atoms with Gasteiger partial charge < -0.3 is 20.1 Å². The molecule has 0 saturated carbocycles. The van der Waals surface area contributed by atoms with Gasteiger partial charge in [-0.05, 0) is 30.5 Å². The van der Waals surface area contributed by atoms with Crippen molar-refractivity contribution in [2.75, 3.05) is 31.7 Å². The molecule has 0 spiro atoms. The van der Waals surface area contributed by atoms with Crippen molar-refractivity contribution in [3.05, 3.63) is 30.5 Å². The highest BCUT2D eigenvalue weighted by Gasteiger charge is 2.27. The Bertz CT molecular complexity index is 632. The number of anilines is 1. The molecule has 5 nitrogen and oxygen atoms in total. The van der Waals surface area contributed by atoms with Gasteiger partial charge in [0.25, 0.3) is 0 Å². The fraction of sp³-hybridized carbons (Fsp3) is 0.438. The molecule has 0 amide bonds. The summed E-state index contributed by atoms with van der Waals surface area (Å²) >= 11 is 0. The van der Waals surface area contributed by atoms with E-state index in [2.05, 4.69) is 22.9 Å². The van der Waals surface area contributed by atoms with Gasteiger partial charge in [-0.1, -0.05) is 6.07 Å². The van der Waals surface area contributed by atoms with Crippen LogP contribution in [0.3, 0.4) is 0 Å². The molecule has 1 fully saturated rings. The minimum atomic E-state index is 0.0591. The Hall–Kier alpha value is -1.85. The van der Waals surface area contributed by atoms with Crippen molar-refractivity contribution in [2.45, 2.75) is 19.1 Å². The molecule has 1 saturated heterocycles. The topological polar surface area (TPSA) is 60.6 Å². The van der Waals surface area contributed by atoms with Gasteiger partial charge in [0.1, 0.15) is 11.6 Å². The summed E-state index contributed by atoms with van der Waals surface area (Å²) in [5, 5.41) is 2.25. The number of pyridine rings is 1. The van der Waals surface area contributed by atoms with Crippen LogP contribution < -0.4 is 15.4 Å². The second-order valence-electron chi connectivity index (χ2n) is 5.41. The largest absolute Gasteiger partial charge is 0.497 e. The number of benzene rings is 1. The molecule has 2 heterocycles. The van der Waals surface area contributed by atoms with E-state index in [1.807, 2.05) is 24.4 Å². The number of morpholine rings is 1. The Labute approximate surface area is 124 Å². The first-order valence-electron chi connectivity index (χ1n) is 7.24. The first kappa shape index (κ1) is 14.1. The fourth-order valence-corrected chi connectivity index (χ4v) is 2.74. The van der Waals surface area contributed by atoms with E-state index in [4.69, 9.17) is 15.2 Å². The first-order valence-corrected chi connectivity index (χ1v) is 7.24. The van der Waals surface area contributed by atoms with E-state index in [9.17, 15) is 0 Å². The summed E-state index contributed by atoms with van der Waals surface area (Å²) in [4.78, 5) is 6.88. The predicted molar refractivity (Wildman–Crippen MR) is 83.9 cm³/mol. The number of nitrogens with two attached hydrogens (primary N) is 1. The van der Waals surface area contributed by atoms with Gasteiger partial charge >= 0.3 is 0 Å². The molecule has 21 heavy (non-hydrogen) atoms. The molecule has 112 valence electrons. The number of rotatable bonds is 3. The van der Waals surface area contributed by atoms with Crippen LogP contribution in [-0.2, 0) is 4.74 Å². The second-order valence-corrected chi connectivity index (χ2v) is 5.41. The van der Waals surface area contributed by atoms with Crippen LogP contribution >= 0.6 is 0 Å². The van der Waals surface area contributed by atoms with Crippen LogP contribution in [0.4, 0.5) is 5.82 Å². The zero-order valence-corrected chi connectivity index (χ0v) is 12.5. The highest BCUT2D eigenvalue weighted by atomic mass is 16.5. The fourth-order valence-electron chi connectivity index (χ4n) is 2.74. The lowest BCUT2D eigenvalue weighted by molar-refractivity contribution is 0.0281. The molecule has 5 heteroatoms. The Morgan fingerprint density at radius 2 is 2.29 bits per heavy atom. The zero-order chi connectivity index (χ0) is 14.8. The number of hydrogen-bond acceptors (Lipinski definition) is 5. The average molecular weight is 287 g/mol. The normalized spacial score (nSPS) is 22.5. The molecule has 1 aromatic carbocycles. The average Bonchev–Trinajstić information content (AvgIpc) is 2.54. The van der Waals surface area contributed by atoms with E-state index < -0.39 is 0 Å². The van der Waals surface area contributed by atoms with Gasteiger partial charge in [0.2, 0.25) is 0 Å². The van der Waals surface area contributed by atoms with Crippen LogP contribution in [-0.4, -0.2) is 43.9 Å². The molecule has 2 unspecified atom stereocenters. The monoisotopic (exact) mass is 287 g/mol. The van der Waals surface area contributed by atoms with E-state index in [0.29, 0.717) is 13.2 Å². The summed E-state index contributed by atoms with van der Waals surface area (Å²) in [7, 11) is 1.68. The van der Waals surface area contributed by atoms with E-state index in [1.165, 1.54) is 0 Å². The van der Waals surface area contributed by atoms with Gasteiger partial charge in [0.05, 0.1) is 25.9 Å². The van der Waals surface area contributed by atoms with E-state index in [0.717, 1.165) is 28.9 Å². The summed E-state index contributed by atoms with van der Waals surface area (Å²) in [6, 6.07) is 8.36. The molecule has 2 atom stereocenters. The maximum atomic E-state index is 5.76. The Morgan fingerprint density at radius 3 is 3.05 bits per heavy atom. The van der Waals surface area contributed by atoms with E-state index in [-0.39, 0.29) is 12.1 Å². The van der Waals surface area contributed by atoms with Crippen molar-refractivity contribution in [1.29, 1.82) is 0 Å². The van der Waals surface area contributed by atoms with Gasteiger partial charge in [-0.25, -0.2) is 4.98 Å². The lowest BCUT2D eigenvalue weighted by Crippen LogP contribution is -2.51. The summed E-state index contributed by atoms with van der Waals surface area (Å²) in [5.41, 5.74) is 5.76. The summed E-state index contributed by atoms with van der Waals surface area (Å²) in [6.45, 7) is 4.11. The van der Waals surface area contributed by atoms with Crippen molar-refractivity contribution in [3.63, 3.8) is 0 Å². The molecule has 3 rings (SSSR count).